The van der Waals surface area contributed by atoms with Crippen molar-refractivity contribution in [3.05, 3.63) is 271 Å². The monoisotopic (exact) mass is 803 g/mol. The molecule has 0 atom stereocenters. The Bertz CT molecular complexity index is 3320. The largest absolute Gasteiger partial charge is 0.455 e. The number of para-hydroxylation sites is 3. The summed E-state index contributed by atoms with van der Waals surface area (Å²) < 4.78 is 6.46. The SMILES string of the molecule is c1ccc(-c2ccc(C3(c4ccc(-c5ccccc5)cc4)c4ccccc4-c4ccc(N(c5ccccc5)c5ccc(-c6cccc7c6oc6ccccc67)cc5)cc43)cc2)cc1. The molecule has 63 heavy (non-hydrogen) atoms. The number of rotatable bonds is 8. The fourth-order valence-electron chi connectivity index (χ4n) is 10.1. The van der Waals surface area contributed by atoms with Crippen LogP contribution in [0, 0.1) is 0 Å². The topological polar surface area (TPSA) is 16.4 Å². The fourth-order valence-corrected chi connectivity index (χ4v) is 10.1. The highest BCUT2D eigenvalue weighted by atomic mass is 16.3. The molecule has 2 heteroatoms. The smallest absolute Gasteiger partial charge is 0.143 e. The molecule has 12 rings (SSSR count). The lowest BCUT2D eigenvalue weighted by molar-refractivity contribution is 0.670. The van der Waals surface area contributed by atoms with E-state index in [-0.39, 0.29) is 0 Å². The summed E-state index contributed by atoms with van der Waals surface area (Å²) in [6, 6.07) is 90.3. The van der Waals surface area contributed by atoms with Gasteiger partial charge < -0.3 is 9.32 Å². The first-order valence-electron chi connectivity index (χ1n) is 21.7. The van der Waals surface area contributed by atoms with E-state index in [0.29, 0.717) is 0 Å². The molecule has 2 nitrogen and oxygen atoms in total. The zero-order valence-corrected chi connectivity index (χ0v) is 34.5. The van der Waals surface area contributed by atoms with Gasteiger partial charge in [0, 0.05) is 33.4 Å². The number of hydrogen-bond donors (Lipinski definition) is 0. The van der Waals surface area contributed by atoms with Crippen LogP contribution >= 0.6 is 0 Å². The summed E-state index contributed by atoms with van der Waals surface area (Å²) in [6.45, 7) is 0. The van der Waals surface area contributed by atoms with Gasteiger partial charge >= 0.3 is 0 Å². The highest BCUT2D eigenvalue weighted by Gasteiger charge is 2.46. The maximum Gasteiger partial charge on any atom is 0.143 e. The highest BCUT2D eigenvalue weighted by Crippen LogP contribution is 2.57. The average molecular weight is 804 g/mol. The van der Waals surface area contributed by atoms with Crippen molar-refractivity contribution in [3.8, 4) is 44.5 Å². The van der Waals surface area contributed by atoms with E-state index in [2.05, 4.69) is 241 Å². The maximum atomic E-state index is 6.46. The first-order chi connectivity index (χ1) is 31.2. The molecule has 1 aliphatic rings. The summed E-state index contributed by atoms with van der Waals surface area (Å²) in [6.07, 6.45) is 0. The molecular weight excluding hydrogens is 763 g/mol. The molecule has 0 fully saturated rings. The van der Waals surface area contributed by atoms with Crippen LogP contribution in [0.5, 0.6) is 0 Å². The number of hydrogen-bond acceptors (Lipinski definition) is 2. The van der Waals surface area contributed by atoms with E-state index in [0.717, 1.165) is 50.1 Å². The van der Waals surface area contributed by atoms with E-state index >= 15 is 0 Å². The van der Waals surface area contributed by atoms with E-state index < -0.39 is 5.41 Å². The van der Waals surface area contributed by atoms with Crippen LogP contribution in [-0.4, -0.2) is 0 Å². The summed E-state index contributed by atoms with van der Waals surface area (Å²) in [5, 5.41) is 2.26. The Labute approximate surface area is 367 Å². The second kappa shape index (κ2) is 15.1. The van der Waals surface area contributed by atoms with Crippen LogP contribution in [-0.2, 0) is 5.41 Å². The van der Waals surface area contributed by atoms with Crippen molar-refractivity contribution in [1.29, 1.82) is 0 Å². The molecule has 296 valence electrons. The molecule has 0 radical (unpaired) electrons. The van der Waals surface area contributed by atoms with Crippen molar-refractivity contribution in [2.45, 2.75) is 5.41 Å². The van der Waals surface area contributed by atoms with E-state index in [1.807, 2.05) is 12.1 Å². The van der Waals surface area contributed by atoms with Crippen LogP contribution in [0.3, 0.4) is 0 Å². The Hall–Kier alpha value is -8.20. The Morgan fingerprint density at radius 2 is 0.778 bits per heavy atom. The second-order valence-corrected chi connectivity index (χ2v) is 16.4. The third kappa shape index (κ3) is 6.02. The molecule has 0 saturated carbocycles. The first-order valence-corrected chi connectivity index (χ1v) is 21.7. The minimum Gasteiger partial charge on any atom is -0.455 e. The van der Waals surface area contributed by atoms with Crippen LogP contribution in [0.2, 0.25) is 0 Å². The minimum atomic E-state index is -0.593. The van der Waals surface area contributed by atoms with Gasteiger partial charge in [-0.15, -0.1) is 0 Å². The minimum absolute atomic E-state index is 0.593. The lowest BCUT2D eigenvalue weighted by Gasteiger charge is -2.35. The molecule has 0 aliphatic heterocycles. The highest BCUT2D eigenvalue weighted by molar-refractivity contribution is 6.09. The van der Waals surface area contributed by atoms with Crippen LogP contribution in [0.15, 0.2) is 253 Å². The number of furan rings is 1. The summed E-state index contributed by atoms with van der Waals surface area (Å²) >= 11 is 0. The third-order valence-corrected chi connectivity index (χ3v) is 13.0. The molecule has 0 N–H and O–H groups in total. The summed E-state index contributed by atoms with van der Waals surface area (Å²) in [5.41, 5.74) is 19.0. The molecule has 0 amide bonds. The molecule has 11 aromatic rings. The van der Waals surface area contributed by atoms with Gasteiger partial charge in [0.1, 0.15) is 11.2 Å². The standard InChI is InChI=1S/C61H41NO/c1-4-15-42(16-5-1)44-27-33-47(34-28-44)61(48-35-29-45(30-36-48)43-17-6-2-7-18-43)57-25-12-10-21-53(57)54-40-39-51(41-58(54)61)62(49-19-8-3-9-20-49)50-37-31-46(32-38-50)52-23-14-24-56-55-22-11-13-26-59(55)63-60(52)56/h1-41H. The van der Waals surface area contributed by atoms with Gasteiger partial charge in [-0.2, -0.15) is 0 Å². The molecular formula is C61H41NO. The predicted molar refractivity (Wildman–Crippen MR) is 262 cm³/mol. The maximum absolute atomic E-state index is 6.46. The van der Waals surface area contributed by atoms with Gasteiger partial charge in [-0.3, -0.25) is 0 Å². The van der Waals surface area contributed by atoms with Crippen molar-refractivity contribution in [2.75, 3.05) is 4.90 Å². The van der Waals surface area contributed by atoms with E-state index in [1.165, 1.54) is 55.6 Å². The molecule has 0 saturated heterocycles. The number of nitrogens with zero attached hydrogens (tertiary/aromatic N) is 1. The zero-order chi connectivity index (χ0) is 41.7. The van der Waals surface area contributed by atoms with Crippen molar-refractivity contribution in [1.82, 2.24) is 0 Å². The van der Waals surface area contributed by atoms with Crippen molar-refractivity contribution < 1.29 is 4.42 Å². The molecule has 0 unspecified atom stereocenters. The number of anilines is 3. The Morgan fingerprint density at radius 3 is 1.44 bits per heavy atom. The van der Waals surface area contributed by atoms with Gasteiger partial charge in [0.15, 0.2) is 0 Å². The van der Waals surface area contributed by atoms with Gasteiger partial charge in [0.25, 0.3) is 0 Å². The van der Waals surface area contributed by atoms with E-state index in [4.69, 9.17) is 4.42 Å². The van der Waals surface area contributed by atoms with Crippen molar-refractivity contribution in [3.63, 3.8) is 0 Å². The lowest BCUT2D eigenvalue weighted by Crippen LogP contribution is -2.28. The first kappa shape index (κ1) is 36.6. The molecule has 1 aromatic heterocycles. The molecule has 1 aliphatic carbocycles. The number of fused-ring (bicyclic) bond motifs is 6. The quantitative estimate of drug-likeness (QED) is 0.152. The Morgan fingerprint density at radius 1 is 0.302 bits per heavy atom. The molecule has 0 spiro atoms. The van der Waals surface area contributed by atoms with Gasteiger partial charge in [-0.05, 0) is 104 Å². The summed E-state index contributed by atoms with van der Waals surface area (Å²) in [7, 11) is 0. The van der Waals surface area contributed by atoms with E-state index in [9.17, 15) is 0 Å². The van der Waals surface area contributed by atoms with Crippen LogP contribution in [0.4, 0.5) is 17.1 Å². The van der Waals surface area contributed by atoms with Gasteiger partial charge in [-0.25, -0.2) is 0 Å². The predicted octanol–water partition coefficient (Wildman–Crippen LogP) is 16.4. The zero-order valence-electron chi connectivity index (χ0n) is 34.5. The van der Waals surface area contributed by atoms with E-state index in [1.54, 1.807) is 0 Å². The molecule has 1 heterocycles. The second-order valence-electron chi connectivity index (χ2n) is 16.4. The summed E-state index contributed by atoms with van der Waals surface area (Å²) in [4.78, 5) is 2.39. The van der Waals surface area contributed by atoms with Gasteiger partial charge in [0.05, 0.1) is 5.41 Å². The van der Waals surface area contributed by atoms with Crippen LogP contribution in [0.25, 0.3) is 66.4 Å². The lowest BCUT2D eigenvalue weighted by atomic mass is 9.67. The van der Waals surface area contributed by atoms with Crippen LogP contribution < -0.4 is 4.90 Å². The summed E-state index contributed by atoms with van der Waals surface area (Å²) in [5.74, 6) is 0. The fraction of sp³-hybridized carbons (Fsp3) is 0.0164. The Kier molecular flexibility index (Phi) is 8.76. The van der Waals surface area contributed by atoms with Crippen molar-refractivity contribution >= 4 is 39.0 Å². The number of benzene rings is 10. The van der Waals surface area contributed by atoms with Gasteiger partial charge in [0.2, 0.25) is 0 Å². The third-order valence-electron chi connectivity index (χ3n) is 13.0. The molecule has 0 bridgehead atoms. The Balaban J connectivity index is 1.04. The average Bonchev–Trinajstić information content (AvgIpc) is 3.89. The normalized spacial score (nSPS) is 12.6. The van der Waals surface area contributed by atoms with Crippen molar-refractivity contribution in [2.24, 2.45) is 0 Å². The van der Waals surface area contributed by atoms with Crippen LogP contribution in [0.1, 0.15) is 22.3 Å². The molecule has 10 aromatic carbocycles. The van der Waals surface area contributed by atoms with Gasteiger partial charge in [-0.1, -0.05) is 206 Å².